The minimum Gasteiger partial charge on any atom is -0.486 e. The molecule has 1 N–H and O–H groups in total. The molecule has 0 amide bonds. The lowest BCUT2D eigenvalue weighted by Crippen LogP contribution is -2.43. The number of carbonyl (C=O) groups is 1. The molecule has 1 atom stereocenters. The lowest BCUT2D eigenvalue weighted by molar-refractivity contribution is -0.138. The van der Waals surface area contributed by atoms with E-state index in [0.29, 0.717) is 17.5 Å². The first-order valence-corrected chi connectivity index (χ1v) is 12.1. The molecule has 1 aliphatic heterocycles. The lowest BCUT2D eigenvalue weighted by atomic mass is 10.1. The van der Waals surface area contributed by atoms with Gasteiger partial charge in [-0.15, -0.1) is 0 Å². The van der Waals surface area contributed by atoms with Crippen molar-refractivity contribution in [3.05, 3.63) is 65.7 Å². The summed E-state index contributed by atoms with van der Waals surface area (Å²) in [5.41, 5.74) is -0.396. The molecule has 2 aromatic carbocycles. The van der Waals surface area contributed by atoms with Gasteiger partial charge in [0.1, 0.15) is 24.0 Å². The van der Waals surface area contributed by atoms with Crippen LogP contribution in [-0.2, 0) is 28.0 Å². The zero-order valence-electron chi connectivity index (χ0n) is 18.9. The first kappa shape index (κ1) is 25.2. The number of aliphatic carboxylic acids is 1. The number of benzene rings is 2. The molecule has 1 unspecified atom stereocenters. The molecule has 190 valence electrons. The number of hydrogen-bond acceptors (Lipinski definition) is 6. The predicted octanol–water partition coefficient (Wildman–Crippen LogP) is 3.83. The molecule has 0 bridgehead atoms. The number of rotatable bonds is 7. The van der Waals surface area contributed by atoms with E-state index in [4.69, 9.17) is 9.84 Å². The Bertz CT molecular complexity index is 1420. The summed E-state index contributed by atoms with van der Waals surface area (Å²) in [5, 5.41) is 13.0. The molecule has 0 aliphatic carbocycles. The number of halogens is 3. The van der Waals surface area contributed by atoms with Gasteiger partial charge in [0.2, 0.25) is 0 Å². The second-order valence-electron chi connectivity index (χ2n) is 8.04. The van der Waals surface area contributed by atoms with Crippen LogP contribution in [0.5, 0.6) is 5.75 Å². The minimum atomic E-state index is -4.73. The van der Waals surface area contributed by atoms with E-state index in [1.165, 1.54) is 23.1 Å². The van der Waals surface area contributed by atoms with E-state index in [0.717, 1.165) is 22.5 Å². The van der Waals surface area contributed by atoms with Gasteiger partial charge in [0.15, 0.2) is 0 Å². The molecule has 4 rings (SSSR count). The van der Waals surface area contributed by atoms with Crippen LogP contribution in [0, 0.1) is 0 Å². The number of carboxylic acids is 1. The van der Waals surface area contributed by atoms with Gasteiger partial charge in [-0.3, -0.25) is 9.10 Å². The number of fused-ring (bicyclic) bond motifs is 1. The summed E-state index contributed by atoms with van der Waals surface area (Å²) < 4.78 is 75.2. The smallest absolute Gasteiger partial charge is 0.416 e. The van der Waals surface area contributed by atoms with Crippen molar-refractivity contribution in [1.82, 2.24) is 14.8 Å². The van der Waals surface area contributed by atoms with Crippen LogP contribution in [0.25, 0.3) is 12.2 Å². The molecule has 9 nitrogen and oxygen atoms in total. The summed E-state index contributed by atoms with van der Waals surface area (Å²) in [6.07, 6.45) is -1.07. The normalized spacial score (nSPS) is 16.1. The fourth-order valence-electron chi connectivity index (χ4n) is 3.68. The van der Waals surface area contributed by atoms with Gasteiger partial charge >= 0.3 is 12.1 Å². The molecule has 3 aromatic rings. The third-order valence-electron chi connectivity index (χ3n) is 5.52. The molecule has 1 aliphatic rings. The number of ether oxygens (including phenoxy) is 1. The highest BCUT2D eigenvalue weighted by atomic mass is 32.2. The van der Waals surface area contributed by atoms with E-state index in [2.05, 4.69) is 10.1 Å². The van der Waals surface area contributed by atoms with E-state index in [1.807, 2.05) is 0 Å². The summed E-state index contributed by atoms with van der Waals surface area (Å²) in [7, 11) is -2.75. The maximum Gasteiger partial charge on any atom is 0.416 e. The first-order valence-electron chi connectivity index (χ1n) is 10.7. The maximum absolute atomic E-state index is 13.6. The first-order chi connectivity index (χ1) is 16.9. The molecular weight excluding hydrogens is 501 g/mol. The maximum atomic E-state index is 13.6. The molecule has 2 heterocycles. The zero-order valence-corrected chi connectivity index (χ0v) is 19.7. The van der Waals surface area contributed by atoms with E-state index >= 15 is 0 Å². The second kappa shape index (κ2) is 9.64. The Morgan fingerprint density at radius 1 is 1.22 bits per heavy atom. The van der Waals surface area contributed by atoms with Crippen LogP contribution >= 0.6 is 0 Å². The monoisotopic (exact) mass is 522 g/mol. The average molecular weight is 523 g/mol. The quantitative estimate of drug-likeness (QED) is 0.502. The number of nitrogens with zero attached hydrogens (tertiary/aromatic N) is 4. The van der Waals surface area contributed by atoms with Crippen molar-refractivity contribution in [3.63, 3.8) is 0 Å². The molecule has 0 radical (unpaired) electrons. The van der Waals surface area contributed by atoms with Gasteiger partial charge in [-0.25, -0.2) is 18.1 Å². The Morgan fingerprint density at radius 3 is 2.67 bits per heavy atom. The van der Waals surface area contributed by atoms with Crippen molar-refractivity contribution in [2.24, 2.45) is 7.05 Å². The molecular formula is C23H21F3N4O5S. The topological polar surface area (TPSA) is 115 Å². The van der Waals surface area contributed by atoms with Gasteiger partial charge in [-0.05, 0) is 48.4 Å². The lowest BCUT2D eigenvalue weighted by Gasteiger charge is -2.35. The second-order valence-corrected chi connectivity index (χ2v) is 9.90. The number of hydrogen-bond donors (Lipinski definition) is 1. The van der Waals surface area contributed by atoms with Crippen LogP contribution < -0.4 is 9.04 Å². The summed E-state index contributed by atoms with van der Waals surface area (Å²) in [5.74, 6) is -0.366. The van der Waals surface area contributed by atoms with Gasteiger partial charge in [0, 0.05) is 13.5 Å². The number of aromatic nitrogens is 3. The third-order valence-corrected chi connectivity index (χ3v) is 7.29. The molecule has 0 spiro atoms. The summed E-state index contributed by atoms with van der Waals surface area (Å²) >= 11 is 0. The Hall–Kier alpha value is -3.87. The highest BCUT2D eigenvalue weighted by molar-refractivity contribution is 7.92. The van der Waals surface area contributed by atoms with Crippen molar-refractivity contribution < 1.29 is 36.2 Å². The SMILES string of the molecule is Cn1ncnc1C=Cc1ccc2c(c1)N(S(=O)(=O)c1cccc(C(F)(F)F)c1)CC(CCC(=O)O)O2. The number of aryl methyl sites for hydroxylation is 1. The van der Waals surface area contributed by atoms with Gasteiger partial charge in [-0.2, -0.15) is 18.3 Å². The van der Waals surface area contributed by atoms with Crippen LogP contribution in [-0.4, -0.2) is 46.9 Å². The van der Waals surface area contributed by atoms with E-state index in [1.54, 1.807) is 25.3 Å². The van der Waals surface area contributed by atoms with Crippen molar-refractivity contribution in [2.75, 3.05) is 10.8 Å². The largest absolute Gasteiger partial charge is 0.486 e. The van der Waals surface area contributed by atoms with E-state index in [9.17, 15) is 26.4 Å². The van der Waals surface area contributed by atoms with E-state index in [-0.39, 0.29) is 30.8 Å². The number of carboxylic acid groups (broad SMARTS) is 1. The number of sulfonamides is 1. The summed E-state index contributed by atoms with van der Waals surface area (Å²) in [6.45, 7) is -0.269. The number of alkyl halides is 3. The zero-order chi connectivity index (χ0) is 26.1. The van der Waals surface area contributed by atoms with Crippen LogP contribution in [0.2, 0.25) is 0 Å². The predicted molar refractivity (Wildman–Crippen MR) is 124 cm³/mol. The van der Waals surface area contributed by atoms with Crippen molar-refractivity contribution in [2.45, 2.75) is 30.0 Å². The highest BCUT2D eigenvalue weighted by Gasteiger charge is 2.37. The molecule has 0 saturated heterocycles. The van der Waals surface area contributed by atoms with Gasteiger partial charge in [0.25, 0.3) is 10.0 Å². The summed E-state index contributed by atoms with van der Waals surface area (Å²) in [6, 6.07) is 8.21. The van der Waals surface area contributed by atoms with Crippen LogP contribution in [0.3, 0.4) is 0 Å². The Kier molecular flexibility index (Phi) is 6.76. The van der Waals surface area contributed by atoms with E-state index < -0.39 is 38.7 Å². The molecule has 0 fully saturated rings. The van der Waals surface area contributed by atoms with Crippen molar-refractivity contribution in [3.8, 4) is 5.75 Å². The van der Waals surface area contributed by atoms with Crippen molar-refractivity contribution >= 4 is 33.8 Å². The Morgan fingerprint density at radius 2 is 2.00 bits per heavy atom. The Balaban J connectivity index is 1.75. The van der Waals surface area contributed by atoms with Crippen molar-refractivity contribution in [1.29, 1.82) is 0 Å². The highest BCUT2D eigenvalue weighted by Crippen LogP contribution is 2.39. The van der Waals surface area contributed by atoms with Gasteiger partial charge in [0.05, 0.1) is 22.7 Å². The third kappa shape index (κ3) is 5.35. The van der Waals surface area contributed by atoms with Gasteiger partial charge < -0.3 is 9.84 Å². The summed E-state index contributed by atoms with van der Waals surface area (Å²) in [4.78, 5) is 14.6. The van der Waals surface area contributed by atoms with Crippen LogP contribution in [0.1, 0.15) is 29.8 Å². The average Bonchev–Trinajstić information content (AvgIpc) is 3.24. The van der Waals surface area contributed by atoms with Gasteiger partial charge in [-0.1, -0.05) is 18.2 Å². The fraction of sp³-hybridized carbons (Fsp3) is 0.261. The fourth-order valence-corrected chi connectivity index (χ4v) is 5.23. The molecule has 13 heteroatoms. The molecule has 0 saturated carbocycles. The standard InChI is InChI=1S/C23H21F3N4O5S/c1-29-21(27-14-28-29)9-6-15-5-8-20-19(11-15)30(13-17(35-20)7-10-22(31)32)36(33,34)18-4-2-3-16(12-18)23(24,25)26/h2-6,8-9,11-12,14,17H,7,10,13H2,1H3,(H,31,32). The minimum absolute atomic E-state index is 0.0111. The Labute approximate surface area is 204 Å². The van der Waals surface area contributed by atoms with Crippen LogP contribution in [0.4, 0.5) is 18.9 Å². The van der Waals surface area contributed by atoms with Crippen LogP contribution in [0.15, 0.2) is 53.7 Å². The molecule has 36 heavy (non-hydrogen) atoms. The number of anilines is 1. The molecule has 1 aromatic heterocycles.